The third kappa shape index (κ3) is 5.21. The van der Waals surface area contributed by atoms with Crippen molar-refractivity contribution >= 4 is 0 Å². The van der Waals surface area contributed by atoms with Crippen LogP contribution in [0.25, 0.3) is 0 Å². The van der Waals surface area contributed by atoms with E-state index in [1.807, 2.05) is 12.1 Å². The third-order valence-corrected chi connectivity index (χ3v) is 3.79. The highest BCUT2D eigenvalue weighted by Gasteiger charge is 2.14. The molecule has 0 aliphatic carbocycles. The van der Waals surface area contributed by atoms with Crippen molar-refractivity contribution in [1.29, 1.82) is 0 Å². The second kappa shape index (κ2) is 7.51. The molecular formula is C16H26N2O. The molecule has 0 radical (unpaired) electrons. The summed E-state index contributed by atoms with van der Waals surface area (Å²) in [5.41, 5.74) is 1.27. The van der Waals surface area contributed by atoms with Crippen molar-refractivity contribution in [3.05, 3.63) is 29.8 Å². The van der Waals surface area contributed by atoms with E-state index >= 15 is 0 Å². The normalized spacial score (nSPS) is 16.8. The van der Waals surface area contributed by atoms with Crippen molar-refractivity contribution < 1.29 is 4.74 Å². The Morgan fingerprint density at radius 1 is 1.21 bits per heavy atom. The van der Waals surface area contributed by atoms with E-state index in [9.17, 15) is 0 Å². The molecule has 3 heteroatoms. The highest BCUT2D eigenvalue weighted by molar-refractivity contribution is 5.26. The van der Waals surface area contributed by atoms with Crippen LogP contribution in [0, 0.1) is 12.8 Å². The molecule has 1 fully saturated rings. The Morgan fingerprint density at radius 3 is 2.58 bits per heavy atom. The van der Waals surface area contributed by atoms with Gasteiger partial charge < -0.3 is 15.0 Å². The fourth-order valence-electron chi connectivity index (χ4n) is 2.55. The van der Waals surface area contributed by atoms with Crippen molar-refractivity contribution in [3.63, 3.8) is 0 Å². The highest BCUT2D eigenvalue weighted by Crippen LogP contribution is 2.13. The number of nitrogens with zero attached hydrogens (tertiary/aromatic N) is 1. The molecule has 0 bridgehead atoms. The van der Waals surface area contributed by atoms with E-state index < -0.39 is 0 Å². The van der Waals surface area contributed by atoms with Crippen LogP contribution < -0.4 is 10.1 Å². The zero-order valence-electron chi connectivity index (χ0n) is 12.2. The summed E-state index contributed by atoms with van der Waals surface area (Å²) < 4.78 is 5.77. The summed E-state index contributed by atoms with van der Waals surface area (Å²) in [6.07, 6.45) is 2.62. The Bertz CT molecular complexity index is 358. The zero-order valence-corrected chi connectivity index (χ0v) is 12.2. The van der Waals surface area contributed by atoms with Crippen LogP contribution in [0.4, 0.5) is 0 Å². The molecule has 19 heavy (non-hydrogen) atoms. The first-order valence-corrected chi connectivity index (χ1v) is 7.33. The maximum absolute atomic E-state index is 5.77. The van der Waals surface area contributed by atoms with Crippen LogP contribution >= 0.6 is 0 Å². The van der Waals surface area contributed by atoms with Gasteiger partial charge in [-0.05, 0) is 58.0 Å². The average molecular weight is 262 g/mol. The van der Waals surface area contributed by atoms with Gasteiger partial charge in [0.05, 0.1) is 0 Å². The maximum Gasteiger partial charge on any atom is 0.119 e. The van der Waals surface area contributed by atoms with Gasteiger partial charge >= 0.3 is 0 Å². The average Bonchev–Trinajstić information content (AvgIpc) is 2.42. The number of rotatable bonds is 6. The Balaban J connectivity index is 1.63. The summed E-state index contributed by atoms with van der Waals surface area (Å²) in [5.74, 6) is 1.83. The standard InChI is InChI=1S/C16H26N2O/c1-14-3-5-16(6-4-14)19-12-11-18(2)13-15-7-9-17-10-8-15/h3-6,15,17H,7-13H2,1-2H3. The minimum Gasteiger partial charge on any atom is -0.492 e. The first-order valence-electron chi connectivity index (χ1n) is 7.33. The molecule has 1 aliphatic heterocycles. The van der Waals surface area contributed by atoms with Gasteiger partial charge in [-0.2, -0.15) is 0 Å². The van der Waals surface area contributed by atoms with Crippen LogP contribution in [-0.4, -0.2) is 44.7 Å². The molecule has 3 nitrogen and oxygen atoms in total. The van der Waals surface area contributed by atoms with E-state index in [0.717, 1.165) is 24.8 Å². The van der Waals surface area contributed by atoms with E-state index in [1.165, 1.54) is 38.0 Å². The number of ether oxygens (including phenoxy) is 1. The zero-order chi connectivity index (χ0) is 13.5. The second-order valence-electron chi connectivity index (χ2n) is 5.62. The lowest BCUT2D eigenvalue weighted by molar-refractivity contribution is 0.199. The predicted octanol–water partition coefficient (Wildman–Crippen LogP) is 2.31. The van der Waals surface area contributed by atoms with E-state index in [1.54, 1.807) is 0 Å². The monoisotopic (exact) mass is 262 g/mol. The molecular weight excluding hydrogens is 236 g/mol. The Labute approximate surface area is 116 Å². The van der Waals surface area contributed by atoms with Gasteiger partial charge in [-0.3, -0.25) is 0 Å². The van der Waals surface area contributed by atoms with Crippen molar-refractivity contribution in [2.45, 2.75) is 19.8 Å². The van der Waals surface area contributed by atoms with Crippen LogP contribution in [0.15, 0.2) is 24.3 Å². The number of piperidine rings is 1. The summed E-state index contributed by atoms with van der Waals surface area (Å²) in [4.78, 5) is 2.39. The molecule has 0 atom stereocenters. The van der Waals surface area contributed by atoms with Crippen molar-refractivity contribution in [2.24, 2.45) is 5.92 Å². The molecule has 1 heterocycles. The molecule has 1 aromatic carbocycles. The topological polar surface area (TPSA) is 24.5 Å². The molecule has 1 aliphatic rings. The van der Waals surface area contributed by atoms with Gasteiger partial charge in [0.25, 0.3) is 0 Å². The lowest BCUT2D eigenvalue weighted by atomic mass is 9.98. The van der Waals surface area contributed by atoms with E-state index in [-0.39, 0.29) is 0 Å². The smallest absolute Gasteiger partial charge is 0.119 e. The lowest BCUT2D eigenvalue weighted by Gasteiger charge is -2.27. The third-order valence-electron chi connectivity index (χ3n) is 3.79. The van der Waals surface area contributed by atoms with Crippen LogP contribution in [0.3, 0.4) is 0 Å². The Hall–Kier alpha value is -1.06. The molecule has 0 spiro atoms. The summed E-state index contributed by atoms with van der Waals surface area (Å²) in [7, 11) is 2.19. The van der Waals surface area contributed by atoms with Crippen LogP contribution in [-0.2, 0) is 0 Å². The largest absolute Gasteiger partial charge is 0.492 e. The lowest BCUT2D eigenvalue weighted by Crippen LogP contribution is -2.36. The van der Waals surface area contributed by atoms with Crippen molar-refractivity contribution in [1.82, 2.24) is 10.2 Å². The number of benzene rings is 1. The first-order chi connectivity index (χ1) is 9.24. The number of hydrogen-bond acceptors (Lipinski definition) is 3. The first kappa shape index (κ1) is 14.4. The number of aryl methyl sites for hydroxylation is 1. The molecule has 0 saturated carbocycles. The summed E-state index contributed by atoms with van der Waals surface area (Å²) >= 11 is 0. The van der Waals surface area contributed by atoms with Crippen LogP contribution in [0.1, 0.15) is 18.4 Å². The highest BCUT2D eigenvalue weighted by atomic mass is 16.5. The van der Waals surface area contributed by atoms with Crippen molar-refractivity contribution in [2.75, 3.05) is 39.8 Å². The van der Waals surface area contributed by atoms with E-state index in [4.69, 9.17) is 4.74 Å². The van der Waals surface area contributed by atoms with Gasteiger partial charge in [0.15, 0.2) is 0 Å². The van der Waals surface area contributed by atoms with Gasteiger partial charge in [-0.1, -0.05) is 17.7 Å². The van der Waals surface area contributed by atoms with Gasteiger partial charge in [-0.25, -0.2) is 0 Å². The molecule has 2 rings (SSSR count). The Kier molecular flexibility index (Phi) is 5.67. The van der Waals surface area contributed by atoms with Crippen LogP contribution in [0.2, 0.25) is 0 Å². The number of nitrogens with one attached hydrogen (secondary N) is 1. The van der Waals surface area contributed by atoms with E-state index in [0.29, 0.717) is 0 Å². The quantitative estimate of drug-likeness (QED) is 0.851. The predicted molar refractivity (Wildman–Crippen MR) is 79.8 cm³/mol. The molecule has 1 aromatic rings. The van der Waals surface area contributed by atoms with Crippen LogP contribution in [0.5, 0.6) is 5.75 Å². The Morgan fingerprint density at radius 2 is 1.89 bits per heavy atom. The van der Waals surface area contributed by atoms with Gasteiger partial charge in [0.1, 0.15) is 12.4 Å². The SMILES string of the molecule is Cc1ccc(OCCN(C)CC2CCNCC2)cc1. The fourth-order valence-corrected chi connectivity index (χ4v) is 2.55. The molecule has 0 amide bonds. The van der Waals surface area contributed by atoms with E-state index in [2.05, 4.69) is 36.3 Å². The molecule has 1 N–H and O–H groups in total. The minimum absolute atomic E-state index is 0.768. The summed E-state index contributed by atoms with van der Waals surface area (Å²) in [6, 6.07) is 8.27. The molecule has 1 saturated heterocycles. The number of hydrogen-bond donors (Lipinski definition) is 1. The second-order valence-corrected chi connectivity index (χ2v) is 5.62. The molecule has 0 aromatic heterocycles. The molecule has 0 unspecified atom stereocenters. The fraction of sp³-hybridized carbons (Fsp3) is 0.625. The summed E-state index contributed by atoms with van der Waals surface area (Å²) in [5, 5.41) is 3.41. The van der Waals surface area contributed by atoms with Gasteiger partial charge in [0, 0.05) is 13.1 Å². The van der Waals surface area contributed by atoms with Gasteiger partial charge in [-0.15, -0.1) is 0 Å². The molecule has 106 valence electrons. The van der Waals surface area contributed by atoms with Crippen molar-refractivity contribution in [3.8, 4) is 5.75 Å². The minimum atomic E-state index is 0.768. The van der Waals surface area contributed by atoms with Gasteiger partial charge in [0.2, 0.25) is 0 Å². The summed E-state index contributed by atoms with van der Waals surface area (Å²) in [6.45, 7) is 7.41. The maximum atomic E-state index is 5.77. The number of likely N-dealkylation sites (N-methyl/N-ethyl adjacent to an activating group) is 1.